The van der Waals surface area contributed by atoms with Gasteiger partial charge in [-0.1, -0.05) is 72.3 Å². The highest BCUT2D eigenvalue weighted by molar-refractivity contribution is 8.19. The summed E-state index contributed by atoms with van der Waals surface area (Å²) in [6, 6.07) is 31.6. The third-order valence-electron chi connectivity index (χ3n) is 6.26. The fraction of sp³-hybridized carbons (Fsp3) is 0.0323. The van der Waals surface area contributed by atoms with E-state index in [1.807, 2.05) is 97.2 Å². The molecule has 0 N–H and O–H groups in total. The van der Waals surface area contributed by atoms with Crippen LogP contribution < -0.4 is 4.90 Å². The first-order valence-electron chi connectivity index (χ1n) is 12.0. The number of hydrogen-bond acceptors (Lipinski definition) is 3. The van der Waals surface area contributed by atoms with E-state index in [1.165, 1.54) is 23.9 Å². The Morgan fingerprint density at radius 3 is 2.37 bits per heavy atom. The Kier molecular flexibility index (Phi) is 6.58. The number of halogens is 2. The molecule has 0 aliphatic carbocycles. The van der Waals surface area contributed by atoms with Crippen molar-refractivity contribution in [1.29, 1.82) is 0 Å². The van der Waals surface area contributed by atoms with Crippen molar-refractivity contribution in [3.63, 3.8) is 0 Å². The van der Waals surface area contributed by atoms with Crippen molar-refractivity contribution in [2.24, 2.45) is 4.99 Å². The molecule has 38 heavy (non-hydrogen) atoms. The number of hydrogen-bond donors (Lipinski definition) is 0. The molecule has 7 heteroatoms. The number of carbonyl (C=O) groups excluding carboxylic acids is 1. The highest BCUT2D eigenvalue weighted by Gasteiger charge is 2.35. The summed E-state index contributed by atoms with van der Waals surface area (Å²) in [5.41, 5.74) is 4.25. The Labute approximate surface area is 228 Å². The minimum atomic E-state index is -0.366. The molecule has 1 fully saturated rings. The quantitative estimate of drug-likeness (QED) is 0.211. The van der Waals surface area contributed by atoms with E-state index in [0.29, 0.717) is 21.6 Å². The second-order valence-electron chi connectivity index (χ2n) is 8.78. The van der Waals surface area contributed by atoms with Gasteiger partial charge in [0.1, 0.15) is 5.82 Å². The zero-order valence-electron chi connectivity index (χ0n) is 20.1. The number of carbonyl (C=O) groups is 1. The van der Waals surface area contributed by atoms with Crippen LogP contribution >= 0.6 is 23.4 Å². The van der Waals surface area contributed by atoms with Gasteiger partial charge < -0.3 is 4.57 Å². The first kappa shape index (κ1) is 24.2. The minimum absolute atomic E-state index is 0.130. The van der Waals surface area contributed by atoms with Gasteiger partial charge in [0.25, 0.3) is 5.91 Å². The van der Waals surface area contributed by atoms with E-state index in [2.05, 4.69) is 4.57 Å². The molecule has 0 radical (unpaired) electrons. The van der Waals surface area contributed by atoms with Crippen LogP contribution in [0.1, 0.15) is 11.1 Å². The van der Waals surface area contributed by atoms with Crippen LogP contribution in [0.4, 0.5) is 15.8 Å². The smallest absolute Gasteiger partial charge is 0.271 e. The summed E-state index contributed by atoms with van der Waals surface area (Å²) in [6.45, 7) is 0.473. The maximum atomic E-state index is 13.7. The van der Waals surface area contributed by atoms with Crippen LogP contribution in [0.5, 0.6) is 0 Å². The summed E-state index contributed by atoms with van der Waals surface area (Å²) in [5, 5.41) is 1.98. The van der Waals surface area contributed by atoms with E-state index in [0.717, 1.165) is 33.4 Å². The van der Waals surface area contributed by atoms with Gasteiger partial charge in [-0.15, -0.1) is 0 Å². The molecule has 186 valence electrons. The van der Waals surface area contributed by atoms with Crippen molar-refractivity contribution in [1.82, 2.24) is 4.57 Å². The molecule has 1 amide bonds. The van der Waals surface area contributed by atoms with Gasteiger partial charge >= 0.3 is 0 Å². The van der Waals surface area contributed by atoms with Crippen molar-refractivity contribution in [3.05, 3.63) is 136 Å². The zero-order chi connectivity index (χ0) is 26.1. The van der Waals surface area contributed by atoms with Gasteiger partial charge in [-0.25, -0.2) is 9.38 Å². The van der Waals surface area contributed by atoms with Crippen molar-refractivity contribution in [2.75, 3.05) is 4.90 Å². The van der Waals surface area contributed by atoms with E-state index >= 15 is 0 Å². The van der Waals surface area contributed by atoms with Crippen LogP contribution in [0.15, 0.2) is 119 Å². The number of para-hydroxylation sites is 3. The van der Waals surface area contributed by atoms with E-state index < -0.39 is 0 Å². The van der Waals surface area contributed by atoms with Crippen molar-refractivity contribution < 1.29 is 9.18 Å². The number of fused-ring (bicyclic) bond motifs is 1. The third kappa shape index (κ3) is 4.76. The van der Waals surface area contributed by atoms with E-state index in [1.54, 1.807) is 11.0 Å². The van der Waals surface area contributed by atoms with Crippen molar-refractivity contribution in [3.8, 4) is 0 Å². The van der Waals surface area contributed by atoms with Crippen LogP contribution in [-0.2, 0) is 11.3 Å². The summed E-state index contributed by atoms with van der Waals surface area (Å²) in [5.74, 6) is -0.497. The summed E-state index contributed by atoms with van der Waals surface area (Å²) in [6.07, 6.45) is 3.92. The van der Waals surface area contributed by atoms with Crippen LogP contribution in [0.2, 0.25) is 5.02 Å². The van der Waals surface area contributed by atoms with E-state index in [9.17, 15) is 9.18 Å². The number of aromatic nitrogens is 1. The van der Waals surface area contributed by atoms with Crippen molar-refractivity contribution in [2.45, 2.75) is 6.54 Å². The second kappa shape index (κ2) is 10.3. The Balaban J connectivity index is 1.42. The number of benzene rings is 4. The molecule has 2 heterocycles. The Hall–Kier alpha value is -4.13. The van der Waals surface area contributed by atoms with Gasteiger partial charge in [-0.2, -0.15) is 0 Å². The largest absolute Gasteiger partial charge is 0.342 e. The van der Waals surface area contributed by atoms with Crippen molar-refractivity contribution >= 4 is 62.8 Å². The number of rotatable bonds is 5. The van der Waals surface area contributed by atoms with Crippen LogP contribution in [-0.4, -0.2) is 15.6 Å². The van der Waals surface area contributed by atoms with Crippen LogP contribution in [0, 0.1) is 5.82 Å². The topological polar surface area (TPSA) is 37.6 Å². The van der Waals surface area contributed by atoms with E-state index in [-0.39, 0.29) is 11.7 Å². The van der Waals surface area contributed by atoms with Gasteiger partial charge in [-0.05, 0) is 65.9 Å². The summed E-state index contributed by atoms with van der Waals surface area (Å²) in [7, 11) is 0. The number of aliphatic imine (C=N–C) groups is 1. The van der Waals surface area contributed by atoms with Gasteiger partial charge in [0.2, 0.25) is 0 Å². The molecule has 0 unspecified atom stereocenters. The Morgan fingerprint density at radius 1 is 0.895 bits per heavy atom. The summed E-state index contributed by atoms with van der Waals surface area (Å²) in [4.78, 5) is 20.7. The lowest BCUT2D eigenvalue weighted by atomic mass is 10.1. The molecular formula is C31H21ClFN3OS. The minimum Gasteiger partial charge on any atom is -0.342 e. The number of thioether (sulfide) groups is 1. The van der Waals surface area contributed by atoms with Gasteiger partial charge in [-0.3, -0.25) is 9.69 Å². The SMILES string of the molecule is O=C1/C(=C/c2cn(Cc3ccc(F)cc3Cl)c3ccccc23)SC(=Nc2ccccc2)N1c1ccccc1. The maximum absolute atomic E-state index is 13.7. The normalized spacial score (nSPS) is 15.7. The third-order valence-corrected chi connectivity index (χ3v) is 7.58. The summed E-state index contributed by atoms with van der Waals surface area (Å²) >= 11 is 7.67. The van der Waals surface area contributed by atoms with Gasteiger partial charge in [0.15, 0.2) is 5.17 Å². The standard InChI is InChI=1S/C31H21ClFN3OS/c32-27-18-23(33)16-15-21(27)19-35-20-22(26-13-7-8-14-28(26)35)17-29-30(37)36(25-11-5-2-6-12-25)31(38-29)34-24-9-3-1-4-10-24/h1-18,20H,19H2/b29-17-,34-31?. The molecule has 5 aromatic rings. The zero-order valence-corrected chi connectivity index (χ0v) is 21.7. The average molecular weight is 538 g/mol. The Morgan fingerprint density at radius 2 is 1.61 bits per heavy atom. The van der Waals surface area contributed by atoms with Gasteiger partial charge in [0.05, 0.1) is 16.3 Å². The number of amidine groups is 1. The lowest BCUT2D eigenvalue weighted by Gasteiger charge is -2.15. The van der Waals surface area contributed by atoms with E-state index in [4.69, 9.17) is 16.6 Å². The fourth-order valence-electron chi connectivity index (χ4n) is 4.46. The highest BCUT2D eigenvalue weighted by atomic mass is 35.5. The predicted molar refractivity (Wildman–Crippen MR) is 155 cm³/mol. The average Bonchev–Trinajstić information content (AvgIpc) is 3.43. The number of nitrogens with zero attached hydrogens (tertiary/aromatic N) is 3. The molecule has 4 nitrogen and oxygen atoms in total. The lowest BCUT2D eigenvalue weighted by molar-refractivity contribution is -0.113. The molecule has 1 aliphatic rings. The number of amides is 1. The van der Waals surface area contributed by atoms with Crippen LogP contribution in [0.25, 0.3) is 17.0 Å². The Bertz CT molecular complexity index is 1710. The molecule has 0 saturated carbocycles. The molecule has 6 rings (SSSR count). The van der Waals surface area contributed by atoms with Gasteiger partial charge in [0, 0.05) is 34.2 Å². The highest BCUT2D eigenvalue weighted by Crippen LogP contribution is 2.38. The monoisotopic (exact) mass is 537 g/mol. The molecule has 1 aromatic heterocycles. The first-order valence-corrected chi connectivity index (χ1v) is 13.2. The molecule has 1 saturated heterocycles. The summed E-state index contributed by atoms with van der Waals surface area (Å²) < 4.78 is 15.7. The van der Waals surface area contributed by atoms with Crippen LogP contribution in [0.3, 0.4) is 0 Å². The first-order chi connectivity index (χ1) is 18.6. The molecule has 0 spiro atoms. The second-order valence-corrected chi connectivity index (χ2v) is 10.2. The fourth-order valence-corrected chi connectivity index (χ4v) is 5.68. The molecule has 1 aliphatic heterocycles. The maximum Gasteiger partial charge on any atom is 0.271 e. The molecule has 4 aromatic carbocycles. The number of anilines is 1. The lowest BCUT2D eigenvalue weighted by Crippen LogP contribution is -2.28. The molecule has 0 bridgehead atoms. The molecule has 0 atom stereocenters. The molecular weight excluding hydrogens is 517 g/mol. The predicted octanol–water partition coefficient (Wildman–Crippen LogP) is 8.29.